The molecule has 0 saturated carbocycles. The van der Waals surface area contributed by atoms with Gasteiger partial charge in [0.05, 0.1) is 0 Å². The third-order valence-electron chi connectivity index (χ3n) is 1.49. The molecule has 0 aliphatic carbocycles. The van der Waals surface area contributed by atoms with Gasteiger partial charge in [0.15, 0.2) is 6.61 Å². The van der Waals surface area contributed by atoms with E-state index in [0.717, 1.165) is 0 Å². The Balaban J connectivity index is 3.42. The van der Waals surface area contributed by atoms with Crippen molar-refractivity contribution in [3.05, 3.63) is 0 Å². The van der Waals surface area contributed by atoms with Crippen LogP contribution in [0.15, 0.2) is 0 Å². The fourth-order valence-electron chi connectivity index (χ4n) is 0.834. The van der Waals surface area contributed by atoms with Crippen LogP contribution in [0.3, 0.4) is 0 Å². The molecule has 1 unspecified atom stereocenters. The fourth-order valence-corrected chi connectivity index (χ4v) is 0.834. The number of rotatable bonds is 6. The number of hydrogen-bond acceptors (Lipinski definition) is 3. The molecule has 0 bridgehead atoms. The Labute approximate surface area is 85.9 Å². The molecule has 0 aliphatic rings. The fraction of sp³-hybridized carbons (Fsp3) is 0.875. The first kappa shape index (κ1) is 14.2. The van der Waals surface area contributed by atoms with E-state index in [1.165, 1.54) is 0 Å². The van der Waals surface area contributed by atoms with Crippen molar-refractivity contribution in [2.24, 2.45) is 5.73 Å². The van der Waals surface area contributed by atoms with E-state index in [4.69, 9.17) is 5.73 Å². The normalized spacial score (nSPS) is 13.7. The zero-order chi connectivity index (χ0) is 11.9. The maximum Gasteiger partial charge on any atom is 0.414 e. The minimum absolute atomic E-state index is 0.0195. The third-order valence-corrected chi connectivity index (χ3v) is 1.49. The molecule has 0 rings (SSSR count). The first-order valence-corrected chi connectivity index (χ1v) is 4.54. The van der Waals surface area contributed by atoms with Gasteiger partial charge in [-0.05, 0) is 19.8 Å². The highest BCUT2D eigenvalue weighted by molar-refractivity contribution is 5.74. The van der Waals surface area contributed by atoms with E-state index >= 15 is 0 Å². The zero-order valence-corrected chi connectivity index (χ0v) is 8.43. The molecule has 1 amide bonds. The van der Waals surface area contributed by atoms with E-state index in [-0.39, 0.29) is 12.5 Å². The van der Waals surface area contributed by atoms with Gasteiger partial charge < -0.3 is 5.73 Å². The van der Waals surface area contributed by atoms with Crippen molar-refractivity contribution in [1.82, 2.24) is 5.48 Å². The molecule has 0 aromatic heterocycles. The van der Waals surface area contributed by atoms with Gasteiger partial charge in [-0.3, -0.25) is 9.63 Å². The minimum Gasteiger partial charge on any atom is -0.328 e. The lowest BCUT2D eigenvalue weighted by Gasteiger charge is -2.08. The number of carbonyl (C=O) groups excluding carboxylic acids is 1. The quantitative estimate of drug-likeness (QED) is 0.669. The first-order valence-electron chi connectivity index (χ1n) is 4.54. The molecule has 15 heavy (non-hydrogen) atoms. The monoisotopic (exact) mass is 228 g/mol. The van der Waals surface area contributed by atoms with Crippen molar-refractivity contribution in [2.75, 3.05) is 6.61 Å². The molecule has 0 aromatic rings. The van der Waals surface area contributed by atoms with Gasteiger partial charge in [-0.25, -0.2) is 5.48 Å². The molecular formula is C8H15F3N2O2. The molecule has 0 saturated heterocycles. The predicted octanol–water partition coefficient (Wildman–Crippen LogP) is 1.11. The highest BCUT2D eigenvalue weighted by Crippen LogP contribution is 2.13. The van der Waals surface area contributed by atoms with Gasteiger partial charge in [-0.2, -0.15) is 13.2 Å². The van der Waals surface area contributed by atoms with Gasteiger partial charge >= 0.3 is 6.18 Å². The standard InChI is InChI=1S/C8H15F3N2O2/c1-6(12)3-2-4-7(14)13-15-5-8(9,10)11/h6H,2-5,12H2,1H3,(H,13,14). The van der Waals surface area contributed by atoms with Crippen LogP contribution in [0.5, 0.6) is 0 Å². The Morgan fingerprint density at radius 1 is 1.53 bits per heavy atom. The second-order valence-electron chi connectivity index (χ2n) is 3.30. The molecule has 0 spiro atoms. The summed E-state index contributed by atoms with van der Waals surface area (Å²) in [5, 5.41) is 0. The van der Waals surface area contributed by atoms with E-state index in [9.17, 15) is 18.0 Å². The zero-order valence-electron chi connectivity index (χ0n) is 8.43. The highest BCUT2D eigenvalue weighted by Gasteiger charge is 2.28. The predicted molar refractivity (Wildman–Crippen MR) is 47.7 cm³/mol. The Morgan fingerprint density at radius 3 is 2.60 bits per heavy atom. The van der Waals surface area contributed by atoms with Crippen molar-refractivity contribution >= 4 is 5.91 Å². The summed E-state index contributed by atoms with van der Waals surface area (Å²) < 4.78 is 34.7. The van der Waals surface area contributed by atoms with Crippen molar-refractivity contribution in [3.63, 3.8) is 0 Å². The minimum atomic E-state index is -4.43. The van der Waals surface area contributed by atoms with E-state index in [1.807, 2.05) is 0 Å². The number of halogens is 3. The van der Waals surface area contributed by atoms with E-state index in [1.54, 1.807) is 12.4 Å². The highest BCUT2D eigenvalue weighted by atomic mass is 19.4. The van der Waals surface area contributed by atoms with Gasteiger partial charge in [0.2, 0.25) is 5.91 Å². The number of amides is 1. The topological polar surface area (TPSA) is 64.4 Å². The van der Waals surface area contributed by atoms with Gasteiger partial charge in [-0.1, -0.05) is 0 Å². The van der Waals surface area contributed by atoms with Crippen LogP contribution < -0.4 is 11.2 Å². The van der Waals surface area contributed by atoms with E-state index in [2.05, 4.69) is 4.84 Å². The molecule has 0 heterocycles. The van der Waals surface area contributed by atoms with Gasteiger partial charge in [0.1, 0.15) is 0 Å². The summed E-state index contributed by atoms with van der Waals surface area (Å²) in [6, 6.07) is -0.0195. The van der Waals surface area contributed by atoms with Crippen LogP contribution in [0.25, 0.3) is 0 Å². The third kappa shape index (κ3) is 11.1. The van der Waals surface area contributed by atoms with Crippen LogP contribution in [0, 0.1) is 0 Å². The van der Waals surface area contributed by atoms with Crippen molar-refractivity contribution in [3.8, 4) is 0 Å². The molecule has 3 N–H and O–H groups in total. The molecule has 4 nitrogen and oxygen atoms in total. The largest absolute Gasteiger partial charge is 0.414 e. The van der Waals surface area contributed by atoms with Crippen molar-refractivity contribution in [2.45, 2.75) is 38.4 Å². The van der Waals surface area contributed by atoms with Gasteiger partial charge in [0, 0.05) is 12.5 Å². The number of alkyl halides is 3. The van der Waals surface area contributed by atoms with E-state index in [0.29, 0.717) is 12.8 Å². The van der Waals surface area contributed by atoms with Crippen LogP contribution in [0.1, 0.15) is 26.2 Å². The molecule has 0 aromatic carbocycles. The van der Waals surface area contributed by atoms with Gasteiger partial charge in [-0.15, -0.1) is 0 Å². The summed E-state index contributed by atoms with van der Waals surface area (Å²) in [7, 11) is 0. The number of hydrogen-bond donors (Lipinski definition) is 2. The Kier molecular flexibility index (Phi) is 6.26. The first-order chi connectivity index (χ1) is 6.81. The number of hydroxylamine groups is 1. The lowest BCUT2D eigenvalue weighted by molar-refractivity contribution is -0.191. The smallest absolute Gasteiger partial charge is 0.328 e. The molecule has 1 atom stereocenters. The summed E-state index contributed by atoms with van der Waals surface area (Å²) in [4.78, 5) is 14.8. The number of carbonyl (C=O) groups is 1. The second-order valence-corrected chi connectivity index (χ2v) is 3.30. The summed E-state index contributed by atoms with van der Waals surface area (Å²) in [5.74, 6) is -0.570. The Bertz CT molecular complexity index is 195. The van der Waals surface area contributed by atoms with Crippen molar-refractivity contribution < 1.29 is 22.8 Å². The maximum absolute atomic E-state index is 11.6. The lowest BCUT2D eigenvalue weighted by atomic mass is 10.1. The van der Waals surface area contributed by atoms with Crippen LogP contribution in [-0.2, 0) is 9.63 Å². The number of nitrogens with two attached hydrogens (primary N) is 1. The summed E-state index contributed by atoms with van der Waals surface area (Å²) in [6.07, 6.45) is -3.15. The molecular weight excluding hydrogens is 213 g/mol. The molecule has 0 aliphatic heterocycles. The van der Waals surface area contributed by atoms with Crippen LogP contribution in [0.4, 0.5) is 13.2 Å². The summed E-state index contributed by atoms with van der Waals surface area (Å²) in [6.45, 7) is 0.310. The molecule has 7 heteroatoms. The second kappa shape index (κ2) is 6.62. The van der Waals surface area contributed by atoms with Crippen LogP contribution >= 0.6 is 0 Å². The number of nitrogens with one attached hydrogen (secondary N) is 1. The Morgan fingerprint density at radius 2 is 2.13 bits per heavy atom. The average Bonchev–Trinajstić information content (AvgIpc) is 2.00. The Hall–Kier alpha value is -0.820. The average molecular weight is 228 g/mol. The van der Waals surface area contributed by atoms with Gasteiger partial charge in [0.25, 0.3) is 0 Å². The van der Waals surface area contributed by atoms with E-state index < -0.39 is 18.7 Å². The van der Waals surface area contributed by atoms with Crippen LogP contribution in [0.2, 0.25) is 0 Å². The molecule has 90 valence electrons. The molecule has 0 radical (unpaired) electrons. The van der Waals surface area contributed by atoms with Crippen LogP contribution in [-0.4, -0.2) is 24.7 Å². The maximum atomic E-state index is 11.6. The summed E-state index contributed by atoms with van der Waals surface area (Å²) in [5.41, 5.74) is 7.14. The summed E-state index contributed by atoms with van der Waals surface area (Å²) >= 11 is 0. The molecule has 0 fully saturated rings. The lowest BCUT2D eigenvalue weighted by Crippen LogP contribution is -2.29. The SMILES string of the molecule is CC(N)CCCC(=O)NOCC(F)(F)F. The van der Waals surface area contributed by atoms with Crippen molar-refractivity contribution in [1.29, 1.82) is 0 Å².